The van der Waals surface area contributed by atoms with Crippen LogP contribution in [-0.4, -0.2) is 34.8 Å². The summed E-state index contributed by atoms with van der Waals surface area (Å²) in [7, 11) is 0. The SMILES string of the molecule is O=C(O)/C(=C/C(=O)c1ccccc1)N1CCCCCC1. The molecule has 0 amide bonds. The minimum Gasteiger partial charge on any atom is -0.477 e. The minimum atomic E-state index is -1.03. The summed E-state index contributed by atoms with van der Waals surface area (Å²) in [5.41, 5.74) is 0.627. The number of nitrogens with zero attached hydrogens (tertiary/aromatic N) is 1. The Morgan fingerprint density at radius 1 is 1.00 bits per heavy atom. The molecule has 4 heteroatoms. The number of allylic oxidation sites excluding steroid dienone is 1. The monoisotopic (exact) mass is 273 g/mol. The summed E-state index contributed by atoms with van der Waals surface area (Å²) in [6.07, 6.45) is 5.45. The molecule has 0 radical (unpaired) electrons. The number of carbonyl (C=O) groups is 2. The van der Waals surface area contributed by atoms with Crippen LogP contribution in [0.5, 0.6) is 0 Å². The first kappa shape index (κ1) is 14.3. The molecule has 0 bridgehead atoms. The van der Waals surface area contributed by atoms with E-state index in [1.54, 1.807) is 24.3 Å². The number of rotatable bonds is 4. The van der Waals surface area contributed by atoms with E-state index in [2.05, 4.69) is 0 Å². The van der Waals surface area contributed by atoms with Gasteiger partial charge in [0.2, 0.25) is 0 Å². The number of aliphatic carboxylic acids is 1. The van der Waals surface area contributed by atoms with Crippen molar-refractivity contribution in [3.05, 3.63) is 47.7 Å². The first-order valence-corrected chi connectivity index (χ1v) is 6.98. The number of carboxylic acid groups (broad SMARTS) is 1. The summed E-state index contributed by atoms with van der Waals surface area (Å²) in [6, 6.07) is 8.76. The van der Waals surface area contributed by atoms with Gasteiger partial charge >= 0.3 is 5.97 Å². The summed E-state index contributed by atoms with van der Waals surface area (Å²) in [5, 5.41) is 9.35. The van der Waals surface area contributed by atoms with E-state index in [1.807, 2.05) is 11.0 Å². The molecule has 0 aromatic heterocycles. The van der Waals surface area contributed by atoms with Crippen molar-refractivity contribution in [1.82, 2.24) is 4.90 Å². The fourth-order valence-corrected chi connectivity index (χ4v) is 2.41. The van der Waals surface area contributed by atoms with E-state index >= 15 is 0 Å². The number of hydrogen-bond acceptors (Lipinski definition) is 3. The molecule has 1 saturated heterocycles. The summed E-state index contributed by atoms with van der Waals surface area (Å²) >= 11 is 0. The molecule has 0 unspecified atom stereocenters. The zero-order chi connectivity index (χ0) is 14.4. The van der Waals surface area contributed by atoms with Crippen molar-refractivity contribution in [2.24, 2.45) is 0 Å². The topological polar surface area (TPSA) is 57.6 Å². The smallest absolute Gasteiger partial charge is 0.352 e. The lowest BCUT2D eigenvalue weighted by atomic mass is 10.1. The molecular weight excluding hydrogens is 254 g/mol. The van der Waals surface area contributed by atoms with Crippen LogP contribution in [0.4, 0.5) is 0 Å². The van der Waals surface area contributed by atoms with Gasteiger partial charge in [-0.25, -0.2) is 4.79 Å². The summed E-state index contributed by atoms with van der Waals surface area (Å²) in [5.74, 6) is -1.29. The predicted molar refractivity (Wildman–Crippen MR) is 76.5 cm³/mol. The third-order valence-corrected chi connectivity index (χ3v) is 3.49. The van der Waals surface area contributed by atoms with Crippen LogP contribution >= 0.6 is 0 Å². The van der Waals surface area contributed by atoms with Gasteiger partial charge in [-0.2, -0.15) is 0 Å². The van der Waals surface area contributed by atoms with E-state index in [9.17, 15) is 14.7 Å². The first-order valence-electron chi connectivity index (χ1n) is 6.98. The molecule has 1 fully saturated rings. The van der Waals surface area contributed by atoms with Crippen LogP contribution in [0.3, 0.4) is 0 Å². The minimum absolute atomic E-state index is 0.112. The quantitative estimate of drug-likeness (QED) is 0.677. The number of likely N-dealkylation sites (tertiary alicyclic amines) is 1. The predicted octanol–water partition coefficient (Wildman–Crippen LogP) is 2.71. The number of carbonyl (C=O) groups excluding carboxylic acids is 1. The van der Waals surface area contributed by atoms with Crippen molar-refractivity contribution in [3.63, 3.8) is 0 Å². The number of benzene rings is 1. The number of hydrogen-bond donors (Lipinski definition) is 1. The van der Waals surface area contributed by atoms with Gasteiger partial charge < -0.3 is 10.0 Å². The van der Waals surface area contributed by atoms with Crippen molar-refractivity contribution in [2.45, 2.75) is 25.7 Å². The average Bonchev–Trinajstić information content (AvgIpc) is 2.74. The maximum Gasteiger partial charge on any atom is 0.352 e. The second-order valence-electron chi connectivity index (χ2n) is 4.97. The normalized spacial score (nSPS) is 16.6. The Bertz CT molecular complexity index is 500. The molecule has 1 N–H and O–H groups in total. The Hall–Kier alpha value is -2.10. The lowest BCUT2D eigenvalue weighted by molar-refractivity contribution is -0.134. The summed E-state index contributed by atoms with van der Waals surface area (Å²) in [4.78, 5) is 25.4. The molecule has 0 atom stereocenters. The van der Waals surface area contributed by atoms with Crippen LogP contribution in [-0.2, 0) is 4.79 Å². The Morgan fingerprint density at radius 3 is 2.15 bits per heavy atom. The largest absolute Gasteiger partial charge is 0.477 e. The molecule has 0 saturated carbocycles. The van der Waals surface area contributed by atoms with Crippen molar-refractivity contribution < 1.29 is 14.7 Å². The standard InChI is InChI=1S/C16H19NO3/c18-15(13-8-4-3-5-9-13)12-14(16(19)20)17-10-6-1-2-7-11-17/h3-5,8-9,12H,1-2,6-7,10-11H2,(H,19,20)/b14-12-. The molecule has 1 aromatic carbocycles. The van der Waals surface area contributed by atoms with Crippen molar-refractivity contribution in [3.8, 4) is 0 Å². The van der Waals surface area contributed by atoms with Crippen LogP contribution in [0.2, 0.25) is 0 Å². The van der Waals surface area contributed by atoms with Crippen LogP contribution in [0.15, 0.2) is 42.1 Å². The van der Waals surface area contributed by atoms with Gasteiger partial charge in [0, 0.05) is 24.7 Å². The molecule has 1 aliphatic heterocycles. The van der Waals surface area contributed by atoms with E-state index in [0.717, 1.165) is 25.7 Å². The molecular formula is C16H19NO3. The number of ketones is 1. The van der Waals surface area contributed by atoms with Crippen molar-refractivity contribution >= 4 is 11.8 Å². The van der Waals surface area contributed by atoms with Gasteiger partial charge in [0.15, 0.2) is 5.78 Å². The maximum absolute atomic E-state index is 12.1. The molecule has 4 nitrogen and oxygen atoms in total. The molecule has 2 rings (SSSR count). The van der Waals surface area contributed by atoms with Gasteiger partial charge in [-0.05, 0) is 12.8 Å². The van der Waals surface area contributed by atoms with Gasteiger partial charge in [-0.1, -0.05) is 43.2 Å². The second-order valence-corrected chi connectivity index (χ2v) is 4.97. The Morgan fingerprint density at radius 2 is 1.60 bits per heavy atom. The third kappa shape index (κ3) is 3.70. The molecule has 1 aliphatic rings. The van der Waals surface area contributed by atoms with E-state index in [1.165, 1.54) is 6.08 Å². The van der Waals surface area contributed by atoms with Gasteiger partial charge in [0.1, 0.15) is 5.70 Å². The average molecular weight is 273 g/mol. The van der Waals surface area contributed by atoms with E-state index in [4.69, 9.17) is 0 Å². The highest BCUT2D eigenvalue weighted by Crippen LogP contribution is 2.16. The Balaban J connectivity index is 2.21. The summed E-state index contributed by atoms with van der Waals surface area (Å²) in [6.45, 7) is 1.42. The molecule has 0 spiro atoms. The Labute approximate surface area is 118 Å². The van der Waals surface area contributed by atoms with Crippen LogP contribution in [0.25, 0.3) is 0 Å². The van der Waals surface area contributed by atoms with Gasteiger partial charge in [0.05, 0.1) is 0 Å². The lowest BCUT2D eigenvalue weighted by Crippen LogP contribution is -2.29. The zero-order valence-corrected chi connectivity index (χ0v) is 11.4. The summed E-state index contributed by atoms with van der Waals surface area (Å²) < 4.78 is 0. The second kappa shape index (κ2) is 6.89. The van der Waals surface area contributed by atoms with E-state index in [0.29, 0.717) is 18.7 Å². The zero-order valence-electron chi connectivity index (χ0n) is 11.4. The van der Waals surface area contributed by atoms with Crippen LogP contribution < -0.4 is 0 Å². The molecule has 1 heterocycles. The number of carboxylic acids is 1. The first-order chi connectivity index (χ1) is 9.68. The van der Waals surface area contributed by atoms with Crippen LogP contribution in [0.1, 0.15) is 36.0 Å². The molecule has 0 aliphatic carbocycles. The Kier molecular flexibility index (Phi) is 4.93. The highest BCUT2D eigenvalue weighted by atomic mass is 16.4. The van der Waals surface area contributed by atoms with Gasteiger partial charge in [-0.15, -0.1) is 0 Å². The third-order valence-electron chi connectivity index (χ3n) is 3.49. The fraction of sp³-hybridized carbons (Fsp3) is 0.375. The van der Waals surface area contributed by atoms with Crippen molar-refractivity contribution in [1.29, 1.82) is 0 Å². The van der Waals surface area contributed by atoms with E-state index < -0.39 is 5.97 Å². The van der Waals surface area contributed by atoms with Crippen LogP contribution in [0, 0.1) is 0 Å². The molecule has 106 valence electrons. The van der Waals surface area contributed by atoms with Gasteiger partial charge in [-0.3, -0.25) is 4.79 Å². The highest BCUT2D eigenvalue weighted by Gasteiger charge is 2.19. The molecule has 20 heavy (non-hydrogen) atoms. The highest BCUT2D eigenvalue weighted by molar-refractivity contribution is 6.08. The van der Waals surface area contributed by atoms with E-state index in [-0.39, 0.29) is 11.5 Å². The van der Waals surface area contributed by atoms with Gasteiger partial charge in [0.25, 0.3) is 0 Å². The lowest BCUT2D eigenvalue weighted by Gasteiger charge is -2.22. The fourth-order valence-electron chi connectivity index (χ4n) is 2.41. The maximum atomic E-state index is 12.1. The molecule has 1 aromatic rings. The van der Waals surface area contributed by atoms with Crippen molar-refractivity contribution in [2.75, 3.05) is 13.1 Å².